The van der Waals surface area contributed by atoms with Crippen LogP contribution in [0.15, 0.2) is 6.07 Å². The van der Waals surface area contributed by atoms with Gasteiger partial charge >= 0.3 is 0 Å². The van der Waals surface area contributed by atoms with Crippen molar-refractivity contribution in [3.05, 3.63) is 29.1 Å². The zero-order chi connectivity index (χ0) is 14.4. The number of fused-ring (bicyclic) bond motifs is 1. The maximum atomic E-state index is 12.3. The summed E-state index contributed by atoms with van der Waals surface area (Å²) in [6.07, 6.45) is 4.44. The van der Waals surface area contributed by atoms with E-state index in [4.69, 9.17) is 0 Å². The van der Waals surface area contributed by atoms with Gasteiger partial charge in [-0.1, -0.05) is 0 Å². The predicted molar refractivity (Wildman–Crippen MR) is 74.8 cm³/mol. The lowest BCUT2D eigenvalue weighted by Crippen LogP contribution is -2.29. The standard InChI is InChI=1S/C14H18N6O/c1-8(13-19-18-12-3-2-6-20(12)13)15-14(21)11-7-10(16-17-11)9-4-5-9/h7-9H,2-6H2,1H3,(H,15,21)(H,16,17)/t8-/m1/s1. The second kappa shape index (κ2) is 4.68. The summed E-state index contributed by atoms with van der Waals surface area (Å²) in [5.74, 6) is 2.24. The molecule has 1 aliphatic carbocycles. The molecule has 0 saturated heterocycles. The Morgan fingerprint density at radius 1 is 1.48 bits per heavy atom. The summed E-state index contributed by atoms with van der Waals surface area (Å²) in [7, 11) is 0. The van der Waals surface area contributed by atoms with E-state index in [1.807, 2.05) is 13.0 Å². The maximum Gasteiger partial charge on any atom is 0.272 e. The van der Waals surface area contributed by atoms with Crippen LogP contribution in [0.2, 0.25) is 0 Å². The quantitative estimate of drug-likeness (QED) is 0.887. The molecule has 1 atom stereocenters. The van der Waals surface area contributed by atoms with E-state index in [-0.39, 0.29) is 11.9 Å². The molecule has 7 heteroatoms. The first-order valence-corrected chi connectivity index (χ1v) is 7.50. The van der Waals surface area contributed by atoms with E-state index >= 15 is 0 Å². The molecule has 3 heterocycles. The molecule has 2 aliphatic rings. The number of carbonyl (C=O) groups is 1. The van der Waals surface area contributed by atoms with Gasteiger partial charge in [-0.2, -0.15) is 5.10 Å². The Bertz CT molecular complexity index is 683. The van der Waals surface area contributed by atoms with Gasteiger partial charge < -0.3 is 9.88 Å². The molecule has 1 amide bonds. The van der Waals surface area contributed by atoms with Crippen molar-refractivity contribution in [2.75, 3.05) is 0 Å². The van der Waals surface area contributed by atoms with Crippen molar-refractivity contribution in [1.29, 1.82) is 0 Å². The number of hydrogen-bond acceptors (Lipinski definition) is 4. The van der Waals surface area contributed by atoms with Crippen LogP contribution >= 0.6 is 0 Å². The largest absolute Gasteiger partial charge is 0.341 e. The Balaban J connectivity index is 1.47. The molecule has 0 aromatic carbocycles. The first-order chi connectivity index (χ1) is 10.2. The molecule has 2 N–H and O–H groups in total. The molecule has 7 nitrogen and oxygen atoms in total. The summed E-state index contributed by atoms with van der Waals surface area (Å²) in [4.78, 5) is 12.3. The second-order valence-electron chi connectivity index (χ2n) is 5.91. The van der Waals surface area contributed by atoms with E-state index in [9.17, 15) is 4.79 Å². The lowest BCUT2D eigenvalue weighted by atomic mass is 10.2. The fraction of sp³-hybridized carbons (Fsp3) is 0.571. The normalized spacial score (nSPS) is 18.5. The average Bonchev–Trinajstić information content (AvgIpc) is 2.92. The number of carbonyl (C=O) groups excluding carboxylic acids is 1. The van der Waals surface area contributed by atoms with Crippen molar-refractivity contribution in [3.63, 3.8) is 0 Å². The number of aromatic nitrogens is 5. The van der Waals surface area contributed by atoms with E-state index in [0.717, 1.165) is 36.7 Å². The molecule has 0 spiro atoms. The van der Waals surface area contributed by atoms with Gasteiger partial charge in [-0.3, -0.25) is 9.89 Å². The summed E-state index contributed by atoms with van der Waals surface area (Å²) < 4.78 is 2.10. The Kier molecular flexibility index (Phi) is 2.80. The van der Waals surface area contributed by atoms with Gasteiger partial charge in [-0.25, -0.2) is 0 Å². The van der Waals surface area contributed by atoms with Gasteiger partial charge in [0, 0.05) is 24.6 Å². The number of H-pyrrole nitrogens is 1. The lowest BCUT2D eigenvalue weighted by Gasteiger charge is -2.12. The highest BCUT2D eigenvalue weighted by Crippen LogP contribution is 2.39. The minimum Gasteiger partial charge on any atom is -0.341 e. The van der Waals surface area contributed by atoms with Gasteiger partial charge in [-0.15, -0.1) is 10.2 Å². The summed E-state index contributed by atoms with van der Waals surface area (Å²) in [5, 5.41) is 18.4. The Morgan fingerprint density at radius 3 is 3.14 bits per heavy atom. The highest BCUT2D eigenvalue weighted by Gasteiger charge is 2.27. The first kappa shape index (κ1) is 12.6. The number of aryl methyl sites for hydroxylation is 1. The smallest absolute Gasteiger partial charge is 0.272 e. The number of nitrogens with one attached hydrogen (secondary N) is 2. The van der Waals surface area contributed by atoms with E-state index < -0.39 is 0 Å². The molecule has 2 aromatic rings. The number of nitrogens with zero attached hydrogens (tertiary/aromatic N) is 4. The van der Waals surface area contributed by atoms with Gasteiger partial charge in [-0.05, 0) is 32.3 Å². The zero-order valence-electron chi connectivity index (χ0n) is 12.0. The molecule has 1 aliphatic heterocycles. The van der Waals surface area contributed by atoms with Crippen LogP contribution in [0.5, 0.6) is 0 Å². The van der Waals surface area contributed by atoms with Crippen molar-refractivity contribution in [2.45, 2.75) is 51.1 Å². The summed E-state index contributed by atoms with van der Waals surface area (Å²) >= 11 is 0. The third kappa shape index (κ3) is 2.22. The molecule has 1 saturated carbocycles. The minimum atomic E-state index is -0.169. The van der Waals surface area contributed by atoms with Gasteiger partial charge in [0.1, 0.15) is 11.5 Å². The molecule has 110 valence electrons. The van der Waals surface area contributed by atoms with Crippen molar-refractivity contribution in [1.82, 2.24) is 30.3 Å². The highest BCUT2D eigenvalue weighted by atomic mass is 16.2. The molecular weight excluding hydrogens is 268 g/mol. The van der Waals surface area contributed by atoms with Crippen LogP contribution in [-0.4, -0.2) is 30.9 Å². The van der Waals surface area contributed by atoms with Gasteiger partial charge in [0.25, 0.3) is 5.91 Å². The Hall–Kier alpha value is -2.18. The first-order valence-electron chi connectivity index (χ1n) is 7.50. The SMILES string of the molecule is C[C@@H](NC(=O)c1cc(C2CC2)[nH]n1)c1nnc2n1CCC2. The summed E-state index contributed by atoms with van der Waals surface area (Å²) in [6.45, 7) is 2.87. The molecule has 2 aromatic heterocycles. The van der Waals surface area contributed by atoms with Crippen LogP contribution < -0.4 is 5.32 Å². The number of hydrogen-bond donors (Lipinski definition) is 2. The predicted octanol–water partition coefficient (Wildman–Crippen LogP) is 1.32. The van der Waals surface area contributed by atoms with E-state index in [2.05, 4.69) is 30.3 Å². The molecule has 0 unspecified atom stereocenters. The van der Waals surface area contributed by atoms with Crippen LogP contribution in [0, 0.1) is 0 Å². The van der Waals surface area contributed by atoms with Crippen LogP contribution in [0.1, 0.15) is 66.0 Å². The van der Waals surface area contributed by atoms with Gasteiger partial charge in [0.15, 0.2) is 5.82 Å². The molecule has 0 bridgehead atoms. The van der Waals surface area contributed by atoms with Crippen LogP contribution in [0.25, 0.3) is 0 Å². The molecule has 21 heavy (non-hydrogen) atoms. The third-order valence-electron chi connectivity index (χ3n) is 4.22. The molecule has 4 rings (SSSR count). The van der Waals surface area contributed by atoms with Crippen molar-refractivity contribution >= 4 is 5.91 Å². The average molecular weight is 286 g/mol. The van der Waals surface area contributed by atoms with Crippen LogP contribution in [0.3, 0.4) is 0 Å². The highest BCUT2D eigenvalue weighted by molar-refractivity contribution is 5.92. The number of aromatic amines is 1. The van der Waals surface area contributed by atoms with E-state index in [0.29, 0.717) is 11.6 Å². The minimum absolute atomic E-state index is 0.166. The number of amides is 1. The Labute approximate surface area is 122 Å². The maximum absolute atomic E-state index is 12.3. The molecule has 1 fully saturated rings. The van der Waals surface area contributed by atoms with E-state index in [1.54, 1.807) is 0 Å². The molecular formula is C14H18N6O. The van der Waals surface area contributed by atoms with Crippen LogP contribution in [-0.2, 0) is 13.0 Å². The summed E-state index contributed by atoms with van der Waals surface area (Å²) in [5.41, 5.74) is 1.51. The third-order valence-corrected chi connectivity index (χ3v) is 4.22. The van der Waals surface area contributed by atoms with Crippen LogP contribution in [0.4, 0.5) is 0 Å². The number of rotatable bonds is 4. The van der Waals surface area contributed by atoms with E-state index in [1.165, 1.54) is 12.8 Å². The molecule has 0 radical (unpaired) electrons. The van der Waals surface area contributed by atoms with Crippen molar-refractivity contribution in [2.24, 2.45) is 0 Å². The Morgan fingerprint density at radius 2 is 2.33 bits per heavy atom. The van der Waals surface area contributed by atoms with Gasteiger partial charge in [0.2, 0.25) is 0 Å². The van der Waals surface area contributed by atoms with Crippen molar-refractivity contribution < 1.29 is 4.79 Å². The lowest BCUT2D eigenvalue weighted by molar-refractivity contribution is 0.0932. The fourth-order valence-electron chi connectivity index (χ4n) is 2.88. The topological polar surface area (TPSA) is 88.5 Å². The monoisotopic (exact) mass is 286 g/mol. The summed E-state index contributed by atoms with van der Waals surface area (Å²) in [6, 6.07) is 1.69. The van der Waals surface area contributed by atoms with Crippen molar-refractivity contribution in [3.8, 4) is 0 Å². The van der Waals surface area contributed by atoms with Gasteiger partial charge in [0.05, 0.1) is 6.04 Å². The second-order valence-corrected chi connectivity index (χ2v) is 5.91. The fourth-order valence-corrected chi connectivity index (χ4v) is 2.88. The zero-order valence-corrected chi connectivity index (χ0v) is 12.0.